The maximum Gasteiger partial charge on any atom is 0.289 e. The Kier molecular flexibility index (Phi) is 4.25. The summed E-state index contributed by atoms with van der Waals surface area (Å²) in [5.41, 5.74) is 0. The molecule has 5 heteroatoms. The van der Waals surface area contributed by atoms with Gasteiger partial charge in [-0.25, -0.2) is 0 Å². The Morgan fingerprint density at radius 3 is 3.07 bits per heavy atom. The molecule has 14 heavy (non-hydrogen) atoms. The Bertz CT molecular complexity index is 225. The van der Waals surface area contributed by atoms with Gasteiger partial charge in [0.05, 0.1) is 6.10 Å². The molecule has 80 valence electrons. The smallest absolute Gasteiger partial charge is 0.289 e. The quantitative estimate of drug-likeness (QED) is 0.659. The molecule has 0 aromatic carbocycles. The van der Waals surface area contributed by atoms with Crippen LogP contribution in [0.1, 0.15) is 13.3 Å². The van der Waals surface area contributed by atoms with Gasteiger partial charge in [-0.1, -0.05) is 0 Å². The molecule has 1 aliphatic rings. The Morgan fingerprint density at radius 2 is 2.50 bits per heavy atom. The zero-order valence-electron chi connectivity index (χ0n) is 8.16. The van der Waals surface area contributed by atoms with Crippen molar-refractivity contribution in [2.75, 3.05) is 19.8 Å². The molecule has 0 aromatic rings. The summed E-state index contributed by atoms with van der Waals surface area (Å²) in [5, 5.41) is 11.6. The lowest BCUT2D eigenvalue weighted by atomic mass is 10.3. The third-order valence-corrected chi connectivity index (χ3v) is 1.72. The second-order valence-corrected chi connectivity index (χ2v) is 3.09. The number of amides is 1. The van der Waals surface area contributed by atoms with Crippen LogP contribution in [-0.2, 0) is 14.3 Å². The molecule has 2 N–H and O–H groups in total. The van der Waals surface area contributed by atoms with Gasteiger partial charge >= 0.3 is 0 Å². The normalized spacial score (nSPS) is 17.4. The number of rotatable bonds is 4. The molecule has 1 atom stereocenters. The predicted molar refractivity (Wildman–Crippen MR) is 49.3 cm³/mol. The average molecular weight is 201 g/mol. The Hall–Kier alpha value is -1.23. The molecule has 0 bridgehead atoms. The van der Waals surface area contributed by atoms with Crippen molar-refractivity contribution < 1.29 is 19.4 Å². The van der Waals surface area contributed by atoms with E-state index in [-0.39, 0.29) is 11.7 Å². The van der Waals surface area contributed by atoms with E-state index >= 15 is 0 Å². The van der Waals surface area contributed by atoms with E-state index < -0.39 is 6.10 Å². The lowest BCUT2D eigenvalue weighted by Crippen LogP contribution is -2.30. The third kappa shape index (κ3) is 3.66. The van der Waals surface area contributed by atoms with Crippen molar-refractivity contribution in [2.45, 2.75) is 19.4 Å². The summed E-state index contributed by atoms with van der Waals surface area (Å²) in [6, 6.07) is 0. The van der Waals surface area contributed by atoms with Gasteiger partial charge < -0.3 is 19.9 Å². The minimum absolute atomic E-state index is 0.196. The van der Waals surface area contributed by atoms with Gasteiger partial charge in [0.25, 0.3) is 5.91 Å². The van der Waals surface area contributed by atoms with Crippen LogP contribution < -0.4 is 5.32 Å². The molecule has 1 aliphatic heterocycles. The topological polar surface area (TPSA) is 67.8 Å². The third-order valence-electron chi connectivity index (χ3n) is 1.72. The molecule has 1 rings (SSSR count). The highest BCUT2D eigenvalue weighted by Gasteiger charge is 2.14. The SMILES string of the molecule is CC(O)CCNC(=O)C1=COCCO1. The van der Waals surface area contributed by atoms with Crippen molar-refractivity contribution in [3.8, 4) is 0 Å². The number of hydrogen-bond donors (Lipinski definition) is 2. The molecule has 1 unspecified atom stereocenters. The van der Waals surface area contributed by atoms with E-state index in [1.807, 2.05) is 0 Å². The van der Waals surface area contributed by atoms with E-state index in [1.54, 1.807) is 6.92 Å². The molecule has 0 fully saturated rings. The Morgan fingerprint density at radius 1 is 1.71 bits per heavy atom. The molecule has 1 amide bonds. The van der Waals surface area contributed by atoms with Crippen molar-refractivity contribution in [1.29, 1.82) is 0 Å². The van der Waals surface area contributed by atoms with Crippen LogP contribution in [0.2, 0.25) is 0 Å². The summed E-state index contributed by atoms with van der Waals surface area (Å²) in [4.78, 5) is 11.3. The monoisotopic (exact) mass is 201 g/mol. The van der Waals surface area contributed by atoms with Crippen LogP contribution in [0.4, 0.5) is 0 Å². The van der Waals surface area contributed by atoms with Gasteiger partial charge in [0.1, 0.15) is 19.5 Å². The zero-order valence-corrected chi connectivity index (χ0v) is 8.16. The molecular formula is C9H15NO4. The summed E-state index contributed by atoms with van der Waals surface area (Å²) >= 11 is 0. The molecule has 1 heterocycles. The Balaban J connectivity index is 2.24. The largest absolute Gasteiger partial charge is 0.494 e. The van der Waals surface area contributed by atoms with Gasteiger partial charge in [-0.15, -0.1) is 0 Å². The van der Waals surface area contributed by atoms with Crippen LogP contribution in [0.3, 0.4) is 0 Å². The van der Waals surface area contributed by atoms with Crippen LogP contribution >= 0.6 is 0 Å². The average Bonchev–Trinajstić information content (AvgIpc) is 2.18. The van der Waals surface area contributed by atoms with E-state index in [4.69, 9.17) is 14.6 Å². The van der Waals surface area contributed by atoms with E-state index in [1.165, 1.54) is 6.26 Å². The number of aliphatic hydroxyl groups is 1. The summed E-state index contributed by atoms with van der Waals surface area (Å²) < 4.78 is 9.99. The molecule has 5 nitrogen and oxygen atoms in total. The molecule has 0 saturated heterocycles. The number of carbonyl (C=O) groups is 1. The first-order chi connectivity index (χ1) is 6.70. The molecule has 0 saturated carbocycles. The minimum Gasteiger partial charge on any atom is -0.494 e. The van der Waals surface area contributed by atoms with Crippen LogP contribution in [0.15, 0.2) is 12.0 Å². The van der Waals surface area contributed by atoms with Gasteiger partial charge in [-0.3, -0.25) is 4.79 Å². The first kappa shape index (κ1) is 10.8. The maximum absolute atomic E-state index is 11.3. The molecular weight excluding hydrogens is 186 g/mol. The number of aliphatic hydroxyl groups excluding tert-OH is 1. The van der Waals surface area contributed by atoms with Crippen LogP contribution in [-0.4, -0.2) is 36.9 Å². The van der Waals surface area contributed by atoms with Gasteiger partial charge in [0.15, 0.2) is 0 Å². The van der Waals surface area contributed by atoms with Gasteiger partial charge in [0.2, 0.25) is 5.76 Å². The second-order valence-electron chi connectivity index (χ2n) is 3.09. The van der Waals surface area contributed by atoms with E-state index in [0.29, 0.717) is 26.2 Å². The highest BCUT2D eigenvalue weighted by atomic mass is 16.6. The molecule has 0 aromatic heterocycles. The van der Waals surface area contributed by atoms with Crippen LogP contribution in [0.25, 0.3) is 0 Å². The lowest BCUT2D eigenvalue weighted by molar-refractivity contribution is -0.122. The standard InChI is InChI=1S/C9H15NO4/c1-7(11)2-3-10-9(12)8-6-13-4-5-14-8/h6-7,11H,2-5H2,1H3,(H,10,12). The minimum atomic E-state index is -0.409. The number of hydrogen-bond acceptors (Lipinski definition) is 4. The number of nitrogens with one attached hydrogen (secondary N) is 1. The summed E-state index contributed by atoms with van der Waals surface area (Å²) in [5.74, 6) is -0.104. The molecule has 0 radical (unpaired) electrons. The van der Waals surface area contributed by atoms with Crippen molar-refractivity contribution in [3.63, 3.8) is 0 Å². The summed E-state index contributed by atoms with van der Waals surface area (Å²) in [6.07, 6.45) is 1.42. The Labute approximate surface area is 82.7 Å². The van der Waals surface area contributed by atoms with Crippen molar-refractivity contribution in [1.82, 2.24) is 5.32 Å². The van der Waals surface area contributed by atoms with Gasteiger partial charge in [-0.05, 0) is 13.3 Å². The van der Waals surface area contributed by atoms with Crippen LogP contribution in [0.5, 0.6) is 0 Å². The second kappa shape index (κ2) is 5.49. The van der Waals surface area contributed by atoms with Crippen LogP contribution in [0, 0.1) is 0 Å². The molecule has 0 spiro atoms. The van der Waals surface area contributed by atoms with Gasteiger partial charge in [0, 0.05) is 6.54 Å². The fourth-order valence-electron chi connectivity index (χ4n) is 0.969. The maximum atomic E-state index is 11.3. The summed E-state index contributed by atoms with van der Waals surface area (Å²) in [7, 11) is 0. The molecule has 0 aliphatic carbocycles. The van der Waals surface area contributed by atoms with E-state index in [0.717, 1.165) is 0 Å². The highest BCUT2D eigenvalue weighted by Crippen LogP contribution is 2.03. The number of carbonyl (C=O) groups excluding carboxylic acids is 1. The van der Waals surface area contributed by atoms with Crippen molar-refractivity contribution in [3.05, 3.63) is 12.0 Å². The van der Waals surface area contributed by atoms with E-state index in [2.05, 4.69) is 5.32 Å². The lowest BCUT2D eigenvalue weighted by Gasteiger charge is -2.15. The van der Waals surface area contributed by atoms with Gasteiger partial charge in [-0.2, -0.15) is 0 Å². The van der Waals surface area contributed by atoms with E-state index in [9.17, 15) is 4.79 Å². The van der Waals surface area contributed by atoms with Crippen molar-refractivity contribution >= 4 is 5.91 Å². The fourth-order valence-corrected chi connectivity index (χ4v) is 0.969. The predicted octanol–water partition coefficient (Wildman–Crippen LogP) is -0.238. The zero-order chi connectivity index (χ0) is 10.4. The fraction of sp³-hybridized carbons (Fsp3) is 0.667. The first-order valence-electron chi connectivity index (χ1n) is 4.61. The first-order valence-corrected chi connectivity index (χ1v) is 4.61. The highest BCUT2D eigenvalue weighted by molar-refractivity contribution is 5.91. The van der Waals surface area contributed by atoms with Crippen molar-refractivity contribution in [2.24, 2.45) is 0 Å². The number of ether oxygens (including phenoxy) is 2. The summed E-state index contributed by atoms with van der Waals surface area (Å²) in [6.45, 7) is 2.98.